The van der Waals surface area contributed by atoms with Gasteiger partial charge in [0.15, 0.2) is 0 Å². The Morgan fingerprint density at radius 3 is 3.13 bits per heavy atom. The Kier molecular flexibility index (Phi) is 2.32. The van der Waals surface area contributed by atoms with Crippen LogP contribution in [0, 0.1) is 0 Å². The number of methoxy groups -OCH3 is 1. The number of hydrogen-bond donors (Lipinski definition) is 1. The van der Waals surface area contributed by atoms with Crippen LogP contribution in [0.15, 0.2) is 6.33 Å². The number of amides is 1. The predicted molar refractivity (Wildman–Crippen MR) is 45.4 cm³/mol. The number of hydrogen-bond acceptors (Lipinski definition) is 6. The summed E-state index contributed by atoms with van der Waals surface area (Å²) in [6.07, 6.45) is 1.64. The van der Waals surface area contributed by atoms with Crippen LogP contribution in [0.5, 0.6) is 0 Å². The second kappa shape index (κ2) is 3.64. The van der Waals surface area contributed by atoms with Crippen molar-refractivity contribution in [2.45, 2.75) is 18.5 Å². The Bertz CT molecular complexity index is 376. The van der Waals surface area contributed by atoms with E-state index in [1.54, 1.807) is 0 Å². The molecular formula is C7H9N5O3. The molecule has 2 atom stereocenters. The van der Waals surface area contributed by atoms with Gasteiger partial charge in [0.05, 0.1) is 7.11 Å². The first-order chi connectivity index (χ1) is 7.22. The number of nitrogens with zero attached hydrogens (tertiary/aromatic N) is 4. The van der Waals surface area contributed by atoms with Gasteiger partial charge in [0.1, 0.15) is 18.4 Å². The molecule has 0 aromatic carbocycles. The fraction of sp³-hybridized carbons (Fsp3) is 0.571. The van der Waals surface area contributed by atoms with Gasteiger partial charge in [-0.05, 0) is 10.4 Å². The molecule has 1 saturated heterocycles. The summed E-state index contributed by atoms with van der Waals surface area (Å²) in [6.45, 7) is 0. The Morgan fingerprint density at radius 2 is 2.53 bits per heavy atom. The highest BCUT2D eigenvalue weighted by Gasteiger charge is 2.38. The molecule has 2 heterocycles. The van der Waals surface area contributed by atoms with E-state index in [9.17, 15) is 9.59 Å². The van der Waals surface area contributed by atoms with E-state index in [4.69, 9.17) is 0 Å². The first-order valence-electron chi connectivity index (χ1n) is 4.33. The molecule has 8 nitrogen and oxygen atoms in total. The van der Waals surface area contributed by atoms with Crippen molar-refractivity contribution in [3.8, 4) is 0 Å². The monoisotopic (exact) mass is 211 g/mol. The van der Waals surface area contributed by atoms with Crippen molar-refractivity contribution in [1.82, 2.24) is 25.5 Å². The summed E-state index contributed by atoms with van der Waals surface area (Å²) in [4.78, 5) is 22.6. The van der Waals surface area contributed by atoms with E-state index in [1.165, 1.54) is 18.1 Å². The fourth-order valence-electron chi connectivity index (χ4n) is 1.49. The highest BCUT2D eigenvalue weighted by atomic mass is 16.5. The molecule has 1 aliphatic heterocycles. The molecule has 1 fully saturated rings. The van der Waals surface area contributed by atoms with E-state index in [2.05, 4.69) is 25.6 Å². The zero-order chi connectivity index (χ0) is 10.8. The lowest BCUT2D eigenvalue weighted by molar-refractivity contribution is -0.143. The molecular weight excluding hydrogens is 202 g/mol. The summed E-state index contributed by atoms with van der Waals surface area (Å²) in [6, 6.07) is -1.15. The maximum Gasteiger partial charge on any atom is 0.328 e. The van der Waals surface area contributed by atoms with E-state index < -0.39 is 18.1 Å². The third-order valence-electron chi connectivity index (χ3n) is 2.25. The average molecular weight is 211 g/mol. The van der Waals surface area contributed by atoms with E-state index in [1.807, 2.05) is 0 Å². The van der Waals surface area contributed by atoms with Crippen LogP contribution in [0.4, 0.5) is 0 Å². The van der Waals surface area contributed by atoms with Gasteiger partial charge in [0.25, 0.3) is 0 Å². The highest BCUT2D eigenvalue weighted by Crippen LogP contribution is 2.19. The minimum Gasteiger partial charge on any atom is -0.467 e. The van der Waals surface area contributed by atoms with Crippen molar-refractivity contribution in [3.05, 3.63) is 6.33 Å². The standard InChI is InChI=1S/C7H9N5O3/c1-15-7(14)4-2-5(6(13)9-4)12-3-8-10-11-12/h3-5H,2H2,1H3,(H,9,13). The molecule has 0 radical (unpaired) electrons. The molecule has 15 heavy (non-hydrogen) atoms. The normalized spacial score (nSPS) is 25.0. The third kappa shape index (κ3) is 1.65. The first kappa shape index (κ1) is 9.56. The Labute approximate surface area is 84.6 Å². The molecule has 80 valence electrons. The number of rotatable bonds is 2. The van der Waals surface area contributed by atoms with Crippen molar-refractivity contribution in [2.75, 3.05) is 7.11 Å². The molecule has 2 rings (SSSR count). The Balaban J connectivity index is 2.11. The lowest BCUT2D eigenvalue weighted by atomic mass is 10.2. The van der Waals surface area contributed by atoms with E-state index >= 15 is 0 Å². The first-order valence-corrected chi connectivity index (χ1v) is 4.33. The number of tetrazole rings is 1. The minimum atomic E-state index is -0.614. The molecule has 1 aliphatic rings. The molecule has 1 aromatic rings. The maximum absolute atomic E-state index is 11.5. The molecule has 0 saturated carbocycles. The van der Waals surface area contributed by atoms with Crippen LogP contribution in [-0.4, -0.2) is 45.2 Å². The van der Waals surface area contributed by atoms with Gasteiger partial charge in [-0.2, -0.15) is 0 Å². The quantitative estimate of drug-likeness (QED) is 0.584. The highest BCUT2D eigenvalue weighted by molar-refractivity contribution is 5.90. The largest absolute Gasteiger partial charge is 0.467 e. The Hall–Kier alpha value is -1.99. The van der Waals surface area contributed by atoms with Crippen LogP contribution >= 0.6 is 0 Å². The molecule has 1 amide bonds. The van der Waals surface area contributed by atoms with Gasteiger partial charge < -0.3 is 10.1 Å². The smallest absolute Gasteiger partial charge is 0.328 e. The van der Waals surface area contributed by atoms with Crippen molar-refractivity contribution < 1.29 is 14.3 Å². The number of aromatic nitrogens is 4. The summed E-state index contributed by atoms with van der Waals surface area (Å²) >= 11 is 0. The van der Waals surface area contributed by atoms with Gasteiger partial charge in [-0.1, -0.05) is 0 Å². The van der Waals surface area contributed by atoms with Crippen LogP contribution in [0.2, 0.25) is 0 Å². The van der Waals surface area contributed by atoms with Gasteiger partial charge in [-0.15, -0.1) is 5.10 Å². The molecule has 1 N–H and O–H groups in total. The summed E-state index contributed by atoms with van der Waals surface area (Å²) in [5, 5.41) is 13.0. The lowest BCUT2D eigenvalue weighted by Crippen LogP contribution is -2.34. The predicted octanol–water partition coefficient (Wildman–Crippen LogP) is -1.72. The molecule has 8 heteroatoms. The summed E-state index contributed by atoms with van der Waals surface area (Å²) < 4.78 is 5.85. The fourth-order valence-corrected chi connectivity index (χ4v) is 1.49. The summed E-state index contributed by atoms with van der Waals surface area (Å²) in [5.74, 6) is -0.739. The van der Waals surface area contributed by atoms with E-state index in [-0.39, 0.29) is 5.91 Å². The van der Waals surface area contributed by atoms with Gasteiger partial charge in [0.2, 0.25) is 5.91 Å². The van der Waals surface area contributed by atoms with Crippen molar-refractivity contribution >= 4 is 11.9 Å². The van der Waals surface area contributed by atoms with Gasteiger partial charge in [0, 0.05) is 6.42 Å². The Morgan fingerprint density at radius 1 is 1.73 bits per heavy atom. The van der Waals surface area contributed by atoms with Gasteiger partial charge >= 0.3 is 5.97 Å². The van der Waals surface area contributed by atoms with Crippen LogP contribution in [0.25, 0.3) is 0 Å². The SMILES string of the molecule is COC(=O)C1CC(n2cnnn2)C(=O)N1. The maximum atomic E-state index is 11.5. The van der Waals surface area contributed by atoms with E-state index in [0.29, 0.717) is 6.42 Å². The second-order valence-corrected chi connectivity index (χ2v) is 3.13. The molecule has 0 bridgehead atoms. The van der Waals surface area contributed by atoms with Gasteiger partial charge in [-0.25, -0.2) is 9.48 Å². The summed E-state index contributed by atoms with van der Waals surface area (Å²) in [7, 11) is 1.28. The topological polar surface area (TPSA) is 99.0 Å². The number of ether oxygens (including phenoxy) is 1. The number of carbonyl (C=O) groups is 2. The number of nitrogens with one attached hydrogen (secondary N) is 1. The summed E-state index contributed by atoms with van der Waals surface area (Å²) in [5.41, 5.74) is 0. The third-order valence-corrected chi connectivity index (χ3v) is 2.25. The zero-order valence-corrected chi connectivity index (χ0v) is 7.95. The molecule has 1 aromatic heterocycles. The molecule has 0 spiro atoms. The van der Waals surface area contributed by atoms with Gasteiger partial charge in [-0.3, -0.25) is 4.79 Å². The molecule has 0 aliphatic carbocycles. The van der Waals surface area contributed by atoms with Crippen molar-refractivity contribution in [3.63, 3.8) is 0 Å². The molecule has 2 unspecified atom stereocenters. The number of carbonyl (C=O) groups excluding carboxylic acids is 2. The van der Waals surface area contributed by atoms with Crippen molar-refractivity contribution in [1.29, 1.82) is 0 Å². The van der Waals surface area contributed by atoms with E-state index in [0.717, 1.165) is 0 Å². The van der Waals surface area contributed by atoms with Crippen LogP contribution < -0.4 is 5.32 Å². The van der Waals surface area contributed by atoms with Crippen LogP contribution in [0.1, 0.15) is 12.5 Å². The van der Waals surface area contributed by atoms with Crippen molar-refractivity contribution in [2.24, 2.45) is 0 Å². The lowest BCUT2D eigenvalue weighted by Gasteiger charge is -2.05. The number of esters is 1. The average Bonchev–Trinajstić information content (AvgIpc) is 2.84. The van der Waals surface area contributed by atoms with Crippen LogP contribution in [-0.2, 0) is 14.3 Å². The minimum absolute atomic E-state index is 0.280. The second-order valence-electron chi connectivity index (χ2n) is 3.13. The zero-order valence-electron chi connectivity index (χ0n) is 7.95. The van der Waals surface area contributed by atoms with Crippen LogP contribution in [0.3, 0.4) is 0 Å².